The quantitative estimate of drug-likeness (QED) is 0.440. The monoisotopic (exact) mass is 559 g/mol. The lowest BCUT2D eigenvalue weighted by atomic mass is 9.65. The summed E-state index contributed by atoms with van der Waals surface area (Å²) >= 11 is 7.76. The minimum Gasteiger partial charge on any atom is -0.394 e. The molecule has 38 heavy (non-hydrogen) atoms. The van der Waals surface area contributed by atoms with E-state index in [-0.39, 0.29) is 48.0 Å². The maximum atomic E-state index is 14.7. The van der Waals surface area contributed by atoms with Crippen molar-refractivity contribution in [3.05, 3.63) is 54.6 Å². The Kier molecular flexibility index (Phi) is 8.36. The summed E-state index contributed by atoms with van der Waals surface area (Å²) < 4.78 is -0.775. The molecule has 0 saturated carbocycles. The highest BCUT2D eigenvalue weighted by molar-refractivity contribution is 8.02. The van der Waals surface area contributed by atoms with Gasteiger partial charge < -0.3 is 19.8 Å². The molecule has 0 aromatic heterocycles. The van der Waals surface area contributed by atoms with E-state index in [1.165, 1.54) is 0 Å². The molecule has 3 saturated heterocycles. The van der Waals surface area contributed by atoms with E-state index in [0.717, 1.165) is 6.42 Å². The van der Waals surface area contributed by atoms with Crippen LogP contribution in [0.15, 0.2) is 49.6 Å². The molecule has 7 atom stereocenters. The fourth-order valence-corrected chi connectivity index (χ4v) is 9.28. The largest absolute Gasteiger partial charge is 0.394 e. The van der Waals surface area contributed by atoms with Gasteiger partial charge in [-0.2, -0.15) is 0 Å². The van der Waals surface area contributed by atoms with E-state index >= 15 is 0 Å². The molecule has 4 rings (SSSR count). The van der Waals surface area contributed by atoms with Crippen LogP contribution in [-0.4, -0.2) is 81.5 Å². The van der Waals surface area contributed by atoms with Crippen LogP contribution in [0.1, 0.15) is 27.2 Å². The van der Waals surface area contributed by atoms with E-state index in [1.807, 2.05) is 13.8 Å². The van der Waals surface area contributed by atoms with Crippen molar-refractivity contribution >= 4 is 46.8 Å². The first-order valence-corrected chi connectivity index (χ1v) is 14.4. The molecule has 1 aromatic carbocycles. The third-order valence-electron chi connectivity index (χ3n) is 8.51. The fourth-order valence-electron chi connectivity index (χ4n) is 6.76. The second kappa shape index (κ2) is 11.1. The number of rotatable bonds is 10. The maximum Gasteiger partial charge on any atom is 0.251 e. The predicted octanol–water partition coefficient (Wildman–Crippen LogP) is 3.86. The lowest BCUT2D eigenvalue weighted by Crippen LogP contribution is -2.60. The van der Waals surface area contributed by atoms with Crippen LogP contribution in [0.3, 0.4) is 0 Å². The summed E-state index contributed by atoms with van der Waals surface area (Å²) in [5, 5.41) is 11.0. The van der Waals surface area contributed by atoms with Gasteiger partial charge in [-0.3, -0.25) is 14.4 Å². The van der Waals surface area contributed by atoms with Crippen LogP contribution in [-0.2, 0) is 14.4 Å². The SMILES string of the molecule is C=CCN(C)C(=O)[C@@H]1[C@H]2C(=O)N([C@@H](CO)C(C)C)C(C(=O)N(CC=C)c3ccc(Cl)cc3)C23S[C@@H]1CC3C. The topological polar surface area (TPSA) is 81.2 Å². The zero-order valence-corrected chi connectivity index (χ0v) is 24.1. The first-order chi connectivity index (χ1) is 18.0. The Morgan fingerprint density at radius 3 is 2.39 bits per heavy atom. The van der Waals surface area contributed by atoms with E-state index in [4.69, 9.17) is 11.6 Å². The molecule has 206 valence electrons. The van der Waals surface area contributed by atoms with Crippen LogP contribution in [0.5, 0.6) is 0 Å². The van der Waals surface area contributed by atoms with E-state index in [0.29, 0.717) is 17.3 Å². The molecule has 0 aliphatic carbocycles. The van der Waals surface area contributed by atoms with Gasteiger partial charge in [-0.15, -0.1) is 24.9 Å². The van der Waals surface area contributed by atoms with Crippen molar-refractivity contribution in [1.29, 1.82) is 0 Å². The summed E-state index contributed by atoms with van der Waals surface area (Å²) in [5.74, 6) is -1.75. The number of likely N-dealkylation sites (N-methyl/N-ethyl adjacent to an activating group) is 1. The van der Waals surface area contributed by atoms with Gasteiger partial charge in [-0.25, -0.2) is 0 Å². The molecule has 3 aliphatic rings. The third kappa shape index (κ3) is 4.38. The van der Waals surface area contributed by atoms with Gasteiger partial charge in [0.2, 0.25) is 11.8 Å². The number of amides is 3. The number of hydrogen-bond acceptors (Lipinski definition) is 5. The number of likely N-dealkylation sites (tertiary alicyclic amines) is 1. The number of carbonyl (C=O) groups is 3. The van der Waals surface area contributed by atoms with Gasteiger partial charge in [-0.1, -0.05) is 44.5 Å². The van der Waals surface area contributed by atoms with Crippen LogP contribution < -0.4 is 4.90 Å². The fraction of sp³-hybridized carbons (Fsp3) is 0.552. The number of nitrogens with zero attached hydrogens (tertiary/aromatic N) is 3. The lowest BCUT2D eigenvalue weighted by molar-refractivity contribution is -0.145. The van der Waals surface area contributed by atoms with Gasteiger partial charge in [0, 0.05) is 36.1 Å². The maximum absolute atomic E-state index is 14.7. The zero-order chi connectivity index (χ0) is 27.9. The summed E-state index contributed by atoms with van der Waals surface area (Å²) in [6.45, 7) is 14.0. The predicted molar refractivity (Wildman–Crippen MR) is 153 cm³/mol. The van der Waals surface area contributed by atoms with Gasteiger partial charge in [0.05, 0.1) is 29.2 Å². The van der Waals surface area contributed by atoms with Gasteiger partial charge in [0.25, 0.3) is 5.91 Å². The summed E-state index contributed by atoms with van der Waals surface area (Å²) in [7, 11) is 1.73. The highest BCUT2D eigenvalue weighted by atomic mass is 35.5. The molecule has 3 unspecified atom stereocenters. The van der Waals surface area contributed by atoms with Crippen LogP contribution in [0, 0.1) is 23.7 Å². The highest BCUT2D eigenvalue weighted by Gasteiger charge is 2.77. The summed E-state index contributed by atoms with van der Waals surface area (Å²) in [4.78, 5) is 47.6. The van der Waals surface area contributed by atoms with E-state index < -0.39 is 28.7 Å². The second-order valence-electron chi connectivity index (χ2n) is 11.0. The van der Waals surface area contributed by atoms with Gasteiger partial charge in [0.1, 0.15) is 6.04 Å². The van der Waals surface area contributed by atoms with Crippen molar-refractivity contribution in [3.63, 3.8) is 0 Å². The molecule has 2 bridgehead atoms. The number of halogens is 1. The number of benzene rings is 1. The Hall–Kier alpha value is -2.29. The Balaban J connectivity index is 1.86. The first kappa shape index (κ1) is 28.7. The minimum absolute atomic E-state index is 0.0291. The summed E-state index contributed by atoms with van der Waals surface area (Å²) in [5.41, 5.74) is 0.653. The number of carbonyl (C=O) groups excluding carboxylic acids is 3. The number of aliphatic hydroxyl groups excluding tert-OH is 1. The van der Waals surface area contributed by atoms with Crippen molar-refractivity contribution in [2.24, 2.45) is 23.7 Å². The molecule has 3 amide bonds. The average Bonchev–Trinajstić information content (AvgIpc) is 3.47. The van der Waals surface area contributed by atoms with Crippen LogP contribution in [0.2, 0.25) is 5.02 Å². The molecule has 0 radical (unpaired) electrons. The normalized spacial score (nSPS) is 30.3. The molecule has 1 N–H and O–H groups in total. The van der Waals surface area contributed by atoms with E-state index in [2.05, 4.69) is 20.1 Å². The Morgan fingerprint density at radius 1 is 1.21 bits per heavy atom. The smallest absolute Gasteiger partial charge is 0.251 e. The van der Waals surface area contributed by atoms with Crippen LogP contribution >= 0.6 is 23.4 Å². The minimum atomic E-state index is -0.831. The van der Waals surface area contributed by atoms with Crippen LogP contribution in [0.25, 0.3) is 0 Å². The molecule has 3 heterocycles. The van der Waals surface area contributed by atoms with Crippen molar-refractivity contribution in [2.75, 3.05) is 31.6 Å². The summed E-state index contributed by atoms with van der Waals surface area (Å²) in [6.07, 6.45) is 4.08. The average molecular weight is 560 g/mol. The van der Waals surface area contributed by atoms with Crippen LogP contribution in [0.4, 0.5) is 5.69 Å². The molecular weight excluding hydrogens is 522 g/mol. The Morgan fingerprint density at radius 2 is 1.84 bits per heavy atom. The molecule has 1 aromatic rings. The summed E-state index contributed by atoms with van der Waals surface area (Å²) in [6, 6.07) is 5.64. The number of thioether (sulfide) groups is 1. The van der Waals surface area contributed by atoms with E-state index in [9.17, 15) is 19.5 Å². The molecule has 3 aliphatic heterocycles. The van der Waals surface area contributed by atoms with Gasteiger partial charge in [0.15, 0.2) is 0 Å². The van der Waals surface area contributed by atoms with Gasteiger partial charge in [-0.05, 0) is 42.5 Å². The number of aliphatic hydroxyl groups is 1. The number of anilines is 1. The van der Waals surface area contributed by atoms with Crippen molar-refractivity contribution in [2.45, 2.75) is 49.3 Å². The zero-order valence-electron chi connectivity index (χ0n) is 22.5. The molecule has 9 heteroatoms. The molecule has 1 spiro atoms. The molecule has 3 fully saturated rings. The van der Waals surface area contributed by atoms with Crippen molar-refractivity contribution in [1.82, 2.24) is 9.80 Å². The van der Waals surface area contributed by atoms with Gasteiger partial charge >= 0.3 is 0 Å². The third-order valence-corrected chi connectivity index (χ3v) is 10.8. The van der Waals surface area contributed by atoms with Crippen molar-refractivity contribution < 1.29 is 19.5 Å². The molecule has 7 nitrogen and oxygen atoms in total. The Labute approximate surface area is 234 Å². The van der Waals surface area contributed by atoms with Crippen molar-refractivity contribution in [3.8, 4) is 0 Å². The van der Waals surface area contributed by atoms with E-state index in [1.54, 1.807) is 69.9 Å². The second-order valence-corrected chi connectivity index (χ2v) is 13.0. The molecular formula is C29H38ClN3O4S. The standard InChI is InChI=1S/C29H38ClN3O4S/c1-7-13-31(6)26(35)23-22-15-18(5)29(38-22)24(23)27(36)33(21(16-34)17(3)4)25(29)28(37)32(14-8-2)20-11-9-19(30)10-12-20/h7-12,17-18,21-25,34H,1-2,13-16H2,3-6H3/t18?,21-,22+,23-,24-,25?,29?/m0/s1. The number of hydrogen-bond donors (Lipinski definition) is 1. The highest BCUT2D eigenvalue weighted by Crippen LogP contribution is 2.69. The lowest BCUT2D eigenvalue weighted by Gasteiger charge is -2.42. The number of fused-ring (bicyclic) bond motifs is 1. The Bertz CT molecular complexity index is 1110. The first-order valence-electron chi connectivity index (χ1n) is 13.2.